The zero-order chi connectivity index (χ0) is 16.8. The number of halogens is 1. The topological polar surface area (TPSA) is 52.8 Å². The van der Waals surface area contributed by atoms with Gasteiger partial charge in [0.25, 0.3) is 0 Å². The SMILES string of the molecule is CCn1c(COc2ccc(Cl)cc2)nnc1SCc1cccnc1. The van der Waals surface area contributed by atoms with Crippen LogP contribution < -0.4 is 4.74 Å². The second-order valence-corrected chi connectivity index (χ2v) is 6.41. The van der Waals surface area contributed by atoms with Crippen LogP contribution in [0.1, 0.15) is 18.3 Å². The van der Waals surface area contributed by atoms with E-state index in [2.05, 4.69) is 32.7 Å². The zero-order valence-corrected chi connectivity index (χ0v) is 14.8. The van der Waals surface area contributed by atoms with Crippen molar-refractivity contribution < 1.29 is 4.74 Å². The lowest BCUT2D eigenvalue weighted by atomic mass is 10.3. The summed E-state index contributed by atoms with van der Waals surface area (Å²) in [5, 5.41) is 10.1. The van der Waals surface area contributed by atoms with Gasteiger partial charge in [0, 0.05) is 29.7 Å². The van der Waals surface area contributed by atoms with Crippen molar-refractivity contribution in [2.24, 2.45) is 0 Å². The molecule has 0 aliphatic carbocycles. The average molecular weight is 361 g/mol. The first kappa shape index (κ1) is 16.8. The maximum Gasteiger partial charge on any atom is 0.191 e. The minimum atomic E-state index is 0.371. The van der Waals surface area contributed by atoms with Crippen LogP contribution in [0.2, 0.25) is 5.02 Å². The molecule has 0 aliphatic heterocycles. The molecule has 7 heteroatoms. The Hall–Kier alpha value is -2.05. The third kappa shape index (κ3) is 4.27. The summed E-state index contributed by atoms with van der Waals surface area (Å²) in [5.41, 5.74) is 1.16. The number of nitrogens with zero attached hydrogens (tertiary/aromatic N) is 4. The number of aromatic nitrogens is 4. The van der Waals surface area contributed by atoms with E-state index in [0.29, 0.717) is 11.6 Å². The van der Waals surface area contributed by atoms with Crippen LogP contribution in [0.25, 0.3) is 0 Å². The number of benzene rings is 1. The third-order valence-electron chi connectivity index (χ3n) is 3.38. The van der Waals surface area contributed by atoms with E-state index in [9.17, 15) is 0 Å². The van der Waals surface area contributed by atoms with Crippen LogP contribution in [-0.2, 0) is 18.9 Å². The Kier molecular flexibility index (Phi) is 5.72. The average Bonchev–Trinajstić information content (AvgIpc) is 3.02. The fraction of sp³-hybridized carbons (Fsp3) is 0.235. The van der Waals surface area contributed by atoms with Gasteiger partial charge in [0.2, 0.25) is 0 Å². The second kappa shape index (κ2) is 8.17. The number of rotatable bonds is 7. The zero-order valence-electron chi connectivity index (χ0n) is 13.2. The standard InChI is InChI=1S/C17H17ClN4OS/c1-2-22-16(11-23-15-7-5-14(18)6-8-15)20-21-17(22)24-12-13-4-3-9-19-10-13/h3-10H,2,11-12H2,1H3. The molecule has 0 spiro atoms. The highest BCUT2D eigenvalue weighted by Crippen LogP contribution is 2.22. The Morgan fingerprint density at radius 1 is 1.17 bits per heavy atom. The molecule has 3 aromatic rings. The van der Waals surface area contributed by atoms with Crippen molar-refractivity contribution in [3.8, 4) is 5.75 Å². The molecule has 2 aromatic heterocycles. The maximum absolute atomic E-state index is 5.88. The molecular weight excluding hydrogens is 344 g/mol. The van der Waals surface area contributed by atoms with Gasteiger partial charge < -0.3 is 9.30 Å². The first-order chi connectivity index (χ1) is 11.8. The van der Waals surface area contributed by atoms with Crippen LogP contribution >= 0.6 is 23.4 Å². The van der Waals surface area contributed by atoms with Gasteiger partial charge in [-0.1, -0.05) is 29.4 Å². The van der Waals surface area contributed by atoms with E-state index in [1.807, 2.05) is 24.4 Å². The largest absolute Gasteiger partial charge is 0.486 e. The molecule has 24 heavy (non-hydrogen) atoms. The maximum atomic E-state index is 5.88. The van der Waals surface area contributed by atoms with E-state index in [-0.39, 0.29) is 0 Å². The van der Waals surface area contributed by atoms with E-state index in [1.165, 1.54) is 0 Å². The van der Waals surface area contributed by atoms with Gasteiger partial charge in [0.1, 0.15) is 12.4 Å². The molecule has 0 N–H and O–H groups in total. The summed E-state index contributed by atoms with van der Waals surface area (Å²) in [6.45, 7) is 3.24. The van der Waals surface area contributed by atoms with Crippen LogP contribution in [0.4, 0.5) is 0 Å². The van der Waals surface area contributed by atoms with Gasteiger partial charge in [-0.25, -0.2) is 0 Å². The van der Waals surface area contributed by atoms with Crippen molar-refractivity contribution in [3.05, 3.63) is 65.2 Å². The van der Waals surface area contributed by atoms with E-state index < -0.39 is 0 Å². The highest BCUT2D eigenvalue weighted by Gasteiger charge is 2.12. The van der Waals surface area contributed by atoms with E-state index in [1.54, 1.807) is 30.1 Å². The van der Waals surface area contributed by atoms with Crippen molar-refractivity contribution in [2.45, 2.75) is 31.0 Å². The molecule has 0 saturated heterocycles. The predicted molar refractivity (Wildman–Crippen MR) is 95.3 cm³/mol. The Labute approximate surface area is 150 Å². The van der Waals surface area contributed by atoms with Gasteiger partial charge in [0.05, 0.1) is 0 Å². The van der Waals surface area contributed by atoms with Gasteiger partial charge in [-0.3, -0.25) is 4.98 Å². The number of ether oxygens (including phenoxy) is 1. The van der Waals surface area contributed by atoms with Crippen LogP contribution in [0, 0.1) is 0 Å². The van der Waals surface area contributed by atoms with E-state index in [0.717, 1.165) is 34.6 Å². The molecule has 124 valence electrons. The minimum absolute atomic E-state index is 0.371. The quantitative estimate of drug-likeness (QED) is 0.590. The lowest BCUT2D eigenvalue weighted by Crippen LogP contribution is -2.07. The van der Waals surface area contributed by atoms with Gasteiger partial charge in [-0.2, -0.15) is 0 Å². The number of thioether (sulfide) groups is 1. The smallest absolute Gasteiger partial charge is 0.191 e. The van der Waals surface area contributed by atoms with E-state index in [4.69, 9.17) is 16.3 Å². The molecule has 0 fully saturated rings. The normalized spacial score (nSPS) is 10.8. The molecule has 0 unspecified atom stereocenters. The Bertz CT molecular complexity index is 777. The summed E-state index contributed by atoms with van der Waals surface area (Å²) in [6, 6.07) is 11.3. The van der Waals surface area contributed by atoms with Crippen LogP contribution in [0.15, 0.2) is 53.9 Å². The number of pyridine rings is 1. The highest BCUT2D eigenvalue weighted by molar-refractivity contribution is 7.98. The van der Waals surface area contributed by atoms with Crippen molar-refractivity contribution in [1.29, 1.82) is 0 Å². The van der Waals surface area contributed by atoms with Gasteiger partial charge in [0.15, 0.2) is 11.0 Å². The third-order valence-corrected chi connectivity index (χ3v) is 4.67. The Morgan fingerprint density at radius 3 is 2.71 bits per heavy atom. The summed E-state index contributed by atoms with van der Waals surface area (Å²) < 4.78 is 7.83. The molecule has 0 amide bonds. The monoisotopic (exact) mass is 360 g/mol. The highest BCUT2D eigenvalue weighted by atomic mass is 35.5. The first-order valence-electron chi connectivity index (χ1n) is 7.58. The first-order valence-corrected chi connectivity index (χ1v) is 8.94. The molecule has 0 atom stereocenters. The Balaban J connectivity index is 1.64. The van der Waals surface area contributed by atoms with Crippen molar-refractivity contribution >= 4 is 23.4 Å². The predicted octanol–water partition coefficient (Wildman–Crippen LogP) is 4.22. The summed E-state index contributed by atoms with van der Waals surface area (Å²) in [5.74, 6) is 2.38. The summed E-state index contributed by atoms with van der Waals surface area (Å²) in [4.78, 5) is 4.13. The summed E-state index contributed by atoms with van der Waals surface area (Å²) >= 11 is 7.52. The molecule has 0 radical (unpaired) electrons. The Morgan fingerprint density at radius 2 is 2.00 bits per heavy atom. The van der Waals surface area contributed by atoms with Crippen molar-refractivity contribution in [2.75, 3.05) is 0 Å². The second-order valence-electron chi connectivity index (χ2n) is 5.04. The molecule has 5 nitrogen and oxygen atoms in total. The minimum Gasteiger partial charge on any atom is -0.486 e. The molecule has 2 heterocycles. The molecule has 0 aliphatic rings. The summed E-state index contributed by atoms with van der Waals surface area (Å²) in [7, 11) is 0. The van der Waals surface area contributed by atoms with Crippen molar-refractivity contribution in [1.82, 2.24) is 19.7 Å². The van der Waals surface area contributed by atoms with Crippen LogP contribution in [0.5, 0.6) is 5.75 Å². The fourth-order valence-corrected chi connectivity index (χ4v) is 3.24. The molecule has 0 bridgehead atoms. The van der Waals surface area contributed by atoms with Gasteiger partial charge in [-0.05, 0) is 42.8 Å². The molecular formula is C17H17ClN4OS. The molecule has 3 rings (SSSR count). The fourth-order valence-electron chi connectivity index (χ4n) is 2.16. The lowest BCUT2D eigenvalue weighted by molar-refractivity contribution is 0.288. The number of hydrogen-bond donors (Lipinski definition) is 0. The van der Waals surface area contributed by atoms with Crippen LogP contribution in [-0.4, -0.2) is 19.7 Å². The van der Waals surface area contributed by atoms with Gasteiger partial charge in [-0.15, -0.1) is 10.2 Å². The van der Waals surface area contributed by atoms with E-state index >= 15 is 0 Å². The van der Waals surface area contributed by atoms with Gasteiger partial charge >= 0.3 is 0 Å². The van der Waals surface area contributed by atoms with Crippen LogP contribution in [0.3, 0.4) is 0 Å². The molecule has 0 saturated carbocycles. The summed E-state index contributed by atoms with van der Waals surface area (Å²) in [6.07, 6.45) is 3.64. The van der Waals surface area contributed by atoms with Crippen molar-refractivity contribution in [3.63, 3.8) is 0 Å². The lowest BCUT2D eigenvalue weighted by Gasteiger charge is -2.09. The molecule has 1 aromatic carbocycles. The number of hydrogen-bond acceptors (Lipinski definition) is 5.